The van der Waals surface area contributed by atoms with E-state index in [1.165, 1.54) is 14.2 Å². The van der Waals surface area contributed by atoms with E-state index in [2.05, 4.69) is 4.98 Å². The molecule has 2 aromatic rings. The molecule has 0 bridgehead atoms. The Bertz CT molecular complexity index is 837. The van der Waals surface area contributed by atoms with Gasteiger partial charge in [0.25, 0.3) is 0 Å². The first-order valence-electron chi connectivity index (χ1n) is 7.39. The van der Waals surface area contributed by atoms with Gasteiger partial charge in [-0.15, -0.1) is 0 Å². The normalized spacial score (nSPS) is 14.9. The van der Waals surface area contributed by atoms with Crippen LogP contribution in [0.15, 0.2) is 35.5 Å². The monoisotopic (exact) mass is 330 g/mol. The minimum atomic E-state index is -0.612. The Hall–Kier alpha value is -2.80. The van der Waals surface area contributed by atoms with Crippen molar-refractivity contribution in [3.8, 4) is 0 Å². The molecule has 0 amide bonds. The molecule has 0 saturated heterocycles. The molecule has 0 spiro atoms. The van der Waals surface area contributed by atoms with Crippen LogP contribution in [0.4, 0.5) is 5.69 Å². The average Bonchev–Trinajstić information content (AvgIpc) is 2.98. The summed E-state index contributed by atoms with van der Waals surface area (Å²) >= 11 is 0. The third kappa shape index (κ3) is 2.74. The maximum atomic E-state index is 12.3. The van der Waals surface area contributed by atoms with Crippen LogP contribution in [0.3, 0.4) is 0 Å². The Labute approximate surface area is 138 Å². The number of esters is 2. The zero-order chi connectivity index (χ0) is 17.3. The second kappa shape index (κ2) is 6.37. The maximum absolute atomic E-state index is 12.3. The lowest BCUT2D eigenvalue weighted by Crippen LogP contribution is -2.38. The predicted octanol–water partition coefficient (Wildman–Crippen LogP) is 1.87. The number of aromatic nitrogens is 1. The van der Waals surface area contributed by atoms with Crippen molar-refractivity contribution in [2.24, 2.45) is 0 Å². The molecule has 0 fully saturated rings. The molecule has 1 aliphatic heterocycles. The summed E-state index contributed by atoms with van der Waals surface area (Å²) in [5.41, 5.74) is 3.04. The summed E-state index contributed by atoms with van der Waals surface area (Å²) < 4.78 is 15.1. The Kier molecular flexibility index (Phi) is 4.26. The number of rotatable bonds is 3. The molecular formula is C17H18N2O5. The van der Waals surface area contributed by atoms with Crippen molar-refractivity contribution in [3.05, 3.63) is 41.2 Å². The van der Waals surface area contributed by atoms with Gasteiger partial charge in [0, 0.05) is 22.3 Å². The number of carbonyl (C=O) groups excluding carboxylic acids is 2. The van der Waals surface area contributed by atoms with E-state index >= 15 is 0 Å². The molecule has 0 aliphatic carbocycles. The number of aromatic amines is 1. The number of hydrogen-bond donors (Lipinski definition) is 1. The zero-order valence-electron chi connectivity index (χ0n) is 13.7. The molecule has 2 heterocycles. The van der Waals surface area contributed by atoms with E-state index in [4.69, 9.17) is 14.2 Å². The van der Waals surface area contributed by atoms with E-state index < -0.39 is 11.9 Å². The fourth-order valence-corrected chi connectivity index (χ4v) is 2.78. The molecule has 1 aromatic heterocycles. The molecule has 3 rings (SSSR count). The number of H-pyrrole nitrogens is 1. The van der Waals surface area contributed by atoms with E-state index in [0.29, 0.717) is 0 Å². The van der Waals surface area contributed by atoms with Crippen LogP contribution < -0.4 is 4.90 Å². The number of ether oxygens (including phenoxy) is 3. The molecule has 1 aromatic carbocycles. The minimum Gasteiger partial charge on any atom is -0.466 e. The number of hydrogen-bond acceptors (Lipinski definition) is 6. The van der Waals surface area contributed by atoms with E-state index in [0.717, 1.165) is 22.3 Å². The number of benzene rings is 1. The van der Waals surface area contributed by atoms with Crippen LogP contribution in [-0.4, -0.2) is 44.5 Å². The van der Waals surface area contributed by atoms with Gasteiger partial charge in [-0.2, -0.15) is 0 Å². The third-order valence-electron chi connectivity index (χ3n) is 3.88. The maximum Gasteiger partial charge on any atom is 0.355 e. The fraction of sp³-hybridized carbons (Fsp3) is 0.294. The Balaban J connectivity index is 2.11. The van der Waals surface area contributed by atoms with Crippen molar-refractivity contribution in [3.63, 3.8) is 0 Å². The number of nitrogens with one attached hydrogen (secondary N) is 1. The summed E-state index contributed by atoms with van der Waals surface area (Å²) in [5.74, 6) is -1.22. The van der Waals surface area contributed by atoms with Gasteiger partial charge < -0.3 is 24.1 Å². The van der Waals surface area contributed by atoms with Gasteiger partial charge >= 0.3 is 11.9 Å². The second-order valence-electron chi connectivity index (χ2n) is 5.44. The van der Waals surface area contributed by atoms with Crippen LogP contribution in [0, 0.1) is 6.92 Å². The van der Waals surface area contributed by atoms with E-state index in [9.17, 15) is 9.59 Å². The number of nitrogens with zero attached hydrogens (tertiary/aromatic N) is 1. The van der Waals surface area contributed by atoms with Crippen LogP contribution in [-0.2, 0) is 23.8 Å². The highest BCUT2D eigenvalue weighted by molar-refractivity contribution is 6.03. The molecule has 1 N–H and O–H groups in total. The van der Waals surface area contributed by atoms with Crippen molar-refractivity contribution in [2.45, 2.75) is 6.92 Å². The van der Waals surface area contributed by atoms with Crippen molar-refractivity contribution >= 4 is 28.5 Å². The van der Waals surface area contributed by atoms with Crippen LogP contribution in [0.5, 0.6) is 0 Å². The molecule has 0 atom stereocenters. The smallest absolute Gasteiger partial charge is 0.355 e. The molecule has 0 saturated carbocycles. The van der Waals surface area contributed by atoms with Gasteiger partial charge in [0.05, 0.1) is 26.4 Å². The van der Waals surface area contributed by atoms with E-state index in [1.54, 1.807) is 4.90 Å². The Morgan fingerprint density at radius 2 is 1.92 bits per heavy atom. The summed E-state index contributed by atoms with van der Waals surface area (Å²) in [4.78, 5) is 29.1. The van der Waals surface area contributed by atoms with Gasteiger partial charge in [-0.3, -0.25) is 0 Å². The van der Waals surface area contributed by atoms with Crippen molar-refractivity contribution < 1.29 is 23.8 Å². The van der Waals surface area contributed by atoms with Crippen molar-refractivity contribution in [1.29, 1.82) is 0 Å². The van der Waals surface area contributed by atoms with Crippen molar-refractivity contribution in [1.82, 2.24) is 4.98 Å². The molecule has 24 heavy (non-hydrogen) atoms. The predicted molar refractivity (Wildman–Crippen MR) is 87.4 cm³/mol. The van der Waals surface area contributed by atoms with Crippen LogP contribution in [0.2, 0.25) is 0 Å². The molecule has 1 aliphatic rings. The number of methoxy groups -OCH3 is 2. The second-order valence-corrected chi connectivity index (χ2v) is 5.44. The average molecular weight is 330 g/mol. The van der Waals surface area contributed by atoms with Gasteiger partial charge in [-0.25, -0.2) is 9.59 Å². The molecule has 0 radical (unpaired) electrons. The van der Waals surface area contributed by atoms with Gasteiger partial charge in [0.2, 0.25) is 0 Å². The lowest BCUT2D eigenvalue weighted by molar-refractivity contribution is -0.140. The summed E-state index contributed by atoms with van der Waals surface area (Å²) in [6, 6.07) is 7.70. The van der Waals surface area contributed by atoms with Gasteiger partial charge in [0.1, 0.15) is 12.4 Å². The number of anilines is 1. The standard InChI is InChI=1S/C17H18N2O5/c1-10-6-11-7-12(4-5-14(11)18-10)19-9-24-8-13(16(20)22-2)15(19)17(21)23-3/h4-7,18H,8-9H2,1-3H3. The highest BCUT2D eigenvalue weighted by Gasteiger charge is 2.32. The lowest BCUT2D eigenvalue weighted by atomic mass is 10.1. The van der Waals surface area contributed by atoms with Crippen LogP contribution in [0.25, 0.3) is 10.9 Å². The van der Waals surface area contributed by atoms with Gasteiger partial charge in [-0.1, -0.05) is 0 Å². The number of aryl methyl sites for hydroxylation is 1. The third-order valence-corrected chi connectivity index (χ3v) is 3.88. The fourth-order valence-electron chi connectivity index (χ4n) is 2.78. The summed E-state index contributed by atoms with van der Waals surface area (Å²) in [6.45, 7) is 2.11. The molecule has 126 valence electrons. The zero-order valence-corrected chi connectivity index (χ0v) is 13.7. The van der Waals surface area contributed by atoms with Crippen LogP contribution >= 0.6 is 0 Å². The highest BCUT2D eigenvalue weighted by Crippen LogP contribution is 2.29. The van der Waals surface area contributed by atoms with Crippen molar-refractivity contribution in [2.75, 3.05) is 32.5 Å². The van der Waals surface area contributed by atoms with Gasteiger partial charge in [-0.05, 0) is 31.2 Å². The topological polar surface area (TPSA) is 80.9 Å². The first kappa shape index (κ1) is 16.1. The summed E-state index contributed by atoms with van der Waals surface area (Å²) in [7, 11) is 2.54. The van der Waals surface area contributed by atoms with E-state index in [1.807, 2.05) is 31.2 Å². The summed E-state index contributed by atoms with van der Waals surface area (Å²) in [6.07, 6.45) is 0. The van der Waals surface area contributed by atoms with E-state index in [-0.39, 0.29) is 24.6 Å². The summed E-state index contributed by atoms with van der Waals surface area (Å²) in [5, 5.41) is 0.999. The highest BCUT2D eigenvalue weighted by atomic mass is 16.5. The Morgan fingerprint density at radius 1 is 1.17 bits per heavy atom. The first-order chi connectivity index (χ1) is 11.5. The SMILES string of the molecule is COC(=O)C1=C(C(=O)OC)N(c2ccc3[nH]c(C)cc3c2)COC1. The minimum absolute atomic E-state index is 0.000879. The lowest BCUT2D eigenvalue weighted by Gasteiger charge is -2.31. The quantitative estimate of drug-likeness (QED) is 0.866. The molecule has 7 heteroatoms. The molecule has 0 unspecified atom stereocenters. The largest absolute Gasteiger partial charge is 0.466 e. The van der Waals surface area contributed by atoms with Gasteiger partial charge in [0.15, 0.2) is 0 Å². The molecule has 7 nitrogen and oxygen atoms in total. The first-order valence-corrected chi connectivity index (χ1v) is 7.39. The number of carbonyl (C=O) groups is 2. The number of fused-ring (bicyclic) bond motifs is 1. The molecular weight excluding hydrogens is 312 g/mol. The van der Waals surface area contributed by atoms with Crippen LogP contribution in [0.1, 0.15) is 5.69 Å². The Morgan fingerprint density at radius 3 is 2.62 bits per heavy atom.